The van der Waals surface area contributed by atoms with Crippen LogP contribution in [-0.2, 0) is 11.2 Å². The van der Waals surface area contributed by atoms with Crippen molar-refractivity contribution in [2.75, 3.05) is 6.54 Å². The van der Waals surface area contributed by atoms with Crippen molar-refractivity contribution in [3.8, 4) is 0 Å². The van der Waals surface area contributed by atoms with Gasteiger partial charge in [0.1, 0.15) is 0 Å². The van der Waals surface area contributed by atoms with Crippen LogP contribution in [0.3, 0.4) is 0 Å². The van der Waals surface area contributed by atoms with E-state index in [0.29, 0.717) is 22.5 Å². The van der Waals surface area contributed by atoms with Crippen LogP contribution in [0.15, 0.2) is 18.2 Å². The van der Waals surface area contributed by atoms with Crippen molar-refractivity contribution in [3.05, 3.63) is 33.8 Å². The average molecular weight is 330 g/mol. The summed E-state index contributed by atoms with van der Waals surface area (Å²) < 4.78 is 0. The first-order valence-corrected chi connectivity index (χ1v) is 8.06. The predicted octanol–water partition coefficient (Wildman–Crippen LogP) is 3.59. The Morgan fingerprint density at radius 1 is 1.48 bits per heavy atom. The summed E-state index contributed by atoms with van der Waals surface area (Å²) in [6.45, 7) is 2.45. The molecule has 0 aromatic heterocycles. The van der Waals surface area contributed by atoms with Crippen molar-refractivity contribution in [1.82, 2.24) is 5.32 Å². The number of rotatable bonds is 4. The van der Waals surface area contributed by atoms with Crippen LogP contribution in [0.2, 0.25) is 10.0 Å². The fourth-order valence-corrected chi connectivity index (χ4v) is 3.43. The number of hydrogen-bond donors (Lipinski definition) is 2. The quantitative estimate of drug-likeness (QED) is 0.886. The van der Waals surface area contributed by atoms with Gasteiger partial charge in [0.15, 0.2) is 0 Å². The molecule has 1 amide bonds. The Bertz CT molecular complexity index is 521. The third-order valence-electron chi connectivity index (χ3n) is 4.05. The summed E-state index contributed by atoms with van der Waals surface area (Å²) in [7, 11) is 0. The van der Waals surface area contributed by atoms with Gasteiger partial charge in [-0.05, 0) is 36.5 Å². The highest BCUT2D eigenvalue weighted by atomic mass is 35.5. The van der Waals surface area contributed by atoms with Crippen LogP contribution >= 0.6 is 23.2 Å². The Hall–Kier alpha value is -0.770. The number of hydrogen-bond acceptors (Lipinski definition) is 2. The number of carbonyl (C=O) groups is 1. The minimum atomic E-state index is -0.767. The number of amides is 1. The molecule has 1 fully saturated rings. The monoisotopic (exact) mass is 329 g/mol. The third kappa shape index (κ3) is 4.87. The van der Waals surface area contributed by atoms with E-state index in [9.17, 15) is 9.90 Å². The third-order valence-corrected chi connectivity index (χ3v) is 4.64. The van der Waals surface area contributed by atoms with Crippen LogP contribution in [-0.4, -0.2) is 23.2 Å². The van der Waals surface area contributed by atoms with Crippen LogP contribution in [0.4, 0.5) is 0 Å². The summed E-state index contributed by atoms with van der Waals surface area (Å²) >= 11 is 11.9. The van der Waals surface area contributed by atoms with Crippen LogP contribution in [0.25, 0.3) is 0 Å². The maximum absolute atomic E-state index is 12.0. The molecule has 0 heterocycles. The lowest BCUT2D eigenvalue weighted by atomic mass is 9.79. The fraction of sp³-hybridized carbons (Fsp3) is 0.562. The van der Waals surface area contributed by atoms with Gasteiger partial charge in [-0.2, -0.15) is 0 Å². The van der Waals surface area contributed by atoms with Gasteiger partial charge in [-0.25, -0.2) is 0 Å². The second-order valence-corrected chi connectivity index (χ2v) is 6.96. The van der Waals surface area contributed by atoms with Crippen molar-refractivity contribution in [2.45, 2.75) is 44.6 Å². The molecule has 1 saturated carbocycles. The smallest absolute Gasteiger partial charge is 0.224 e. The summed E-state index contributed by atoms with van der Waals surface area (Å²) in [5.41, 5.74) is -0.0283. The van der Waals surface area contributed by atoms with Crippen molar-refractivity contribution in [2.24, 2.45) is 5.92 Å². The normalized spacial score (nSPS) is 25.6. The topological polar surface area (TPSA) is 49.3 Å². The highest BCUT2D eigenvalue weighted by Gasteiger charge is 2.32. The molecule has 3 nitrogen and oxygen atoms in total. The Kier molecular flexibility index (Phi) is 5.53. The second-order valence-electron chi connectivity index (χ2n) is 6.12. The molecule has 0 spiro atoms. The predicted molar refractivity (Wildman–Crippen MR) is 85.8 cm³/mol. The molecule has 21 heavy (non-hydrogen) atoms. The molecule has 2 unspecified atom stereocenters. The van der Waals surface area contributed by atoms with Crippen molar-refractivity contribution < 1.29 is 9.90 Å². The van der Waals surface area contributed by atoms with Gasteiger partial charge in [0.2, 0.25) is 5.91 Å². The zero-order valence-electron chi connectivity index (χ0n) is 12.2. The molecule has 0 saturated heterocycles. The van der Waals surface area contributed by atoms with E-state index >= 15 is 0 Å². The molecule has 1 aliphatic rings. The zero-order chi connectivity index (χ0) is 15.5. The van der Waals surface area contributed by atoms with Gasteiger partial charge < -0.3 is 10.4 Å². The molecular weight excluding hydrogens is 309 g/mol. The molecule has 0 radical (unpaired) electrons. The minimum absolute atomic E-state index is 0.133. The van der Waals surface area contributed by atoms with E-state index in [2.05, 4.69) is 12.2 Å². The number of benzene rings is 1. The Balaban J connectivity index is 1.87. The Labute approximate surface area is 135 Å². The maximum Gasteiger partial charge on any atom is 0.224 e. The molecule has 2 rings (SSSR count). The van der Waals surface area contributed by atoms with E-state index in [0.717, 1.165) is 31.2 Å². The molecule has 1 aromatic carbocycles. The molecule has 2 atom stereocenters. The molecule has 5 heteroatoms. The van der Waals surface area contributed by atoms with Crippen LogP contribution < -0.4 is 5.32 Å². The van der Waals surface area contributed by atoms with Crippen LogP contribution in [0.5, 0.6) is 0 Å². The van der Waals surface area contributed by atoms with Crippen molar-refractivity contribution in [3.63, 3.8) is 0 Å². The van der Waals surface area contributed by atoms with Gasteiger partial charge in [0, 0.05) is 16.6 Å². The van der Waals surface area contributed by atoms with E-state index in [4.69, 9.17) is 23.2 Å². The lowest BCUT2D eigenvalue weighted by Gasteiger charge is -2.35. The minimum Gasteiger partial charge on any atom is -0.388 e. The first kappa shape index (κ1) is 16.6. The Morgan fingerprint density at radius 3 is 2.90 bits per heavy atom. The summed E-state index contributed by atoms with van der Waals surface area (Å²) in [4.78, 5) is 12.0. The second kappa shape index (κ2) is 6.99. The average Bonchev–Trinajstić information content (AvgIpc) is 2.40. The fourth-order valence-electron chi connectivity index (χ4n) is 2.96. The van der Waals surface area contributed by atoms with Gasteiger partial charge >= 0.3 is 0 Å². The summed E-state index contributed by atoms with van der Waals surface area (Å²) in [6, 6.07) is 5.09. The number of aliphatic hydroxyl groups is 1. The van der Waals surface area contributed by atoms with E-state index in [1.807, 2.05) is 0 Å². The summed E-state index contributed by atoms with van der Waals surface area (Å²) in [6.07, 6.45) is 3.85. The number of halogens is 2. The van der Waals surface area contributed by atoms with Gasteiger partial charge in [-0.3, -0.25) is 4.79 Å². The molecule has 1 aliphatic carbocycles. The van der Waals surface area contributed by atoms with Crippen LogP contribution in [0, 0.1) is 5.92 Å². The van der Waals surface area contributed by atoms with Gasteiger partial charge in [0.05, 0.1) is 12.0 Å². The van der Waals surface area contributed by atoms with E-state index in [1.54, 1.807) is 18.2 Å². The highest BCUT2D eigenvalue weighted by molar-refractivity contribution is 6.35. The van der Waals surface area contributed by atoms with Crippen LogP contribution in [0.1, 0.15) is 38.2 Å². The summed E-state index contributed by atoms with van der Waals surface area (Å²) in [5.74, 6) is 0.372. The zero-order valence-corrected chi connectivity index (χ0v) is 13.7. The van der Waals surface area contributed by atoms with Gasteiger partial charge in [0.25, 0.3) is 0 Å². The van der Waals surface area contributed by atoms with Crippen molar-refractivity contribution >= 4 is 29.1 Å². The Morgan fingerprint density at radius 2 is 2.24 bits per heavy atom. The first-order chi connectivity index (χ1) is 9.88. The first-order valence-electron chi connectivity index (χ1n) is 7.31. The molecule has 116 valence electrons. The number of carbonyl (C=O) groups excluding carboxylic acids is 1. The largest absolute Gasteiger partial charge is 0.388 e. The lowest BCUT2D eigenvalue weighted by molar-refractivity contribution is -0.122. The highest BCUT2D eigenvalue weighted by Crippen LogP contribution is 2.31. The molecule has 2 N–H and O–H groups in total. The van der Waals surface area contributed by atoms with E-state index in [-0.39, 0.29) is 12.3 Å². The van der Waals surface area contributed by atoms with E-state index < -0.39 is 5.60 Å². The van der Waals surface area contributed by atoms with Gasteiger partial charge in [-0.1, -0.05) is 49.0 Å². The van der Waals surface area contributed by atoms with Gasteiger partial charge in [-0.15, -0.1) is 0 Å². The molecular formula is C16H21Cl2NO2. The molecule has 1 aromatic rings. The molecule has 0 bridgehead atoms. The lowest BCUT2D eigenvalue weighted by Crippen LogP contribution is -2.46. The summed E-state index contributed by atoms with van der Waals surface area (Å²) in [5, 5.41) is 14.4. The van der Waals surface area contributed by atoms with Crippen molar-refractivity contribution in [1.29, 1.82) is 0 Å². The number of nitrogens with one attached hydrogen (secondary N) is 1. The SMILES string of the molecule is CC1CCCC(O)(CNC(=O)Cc2ccc(Cl)cc2Cl)C1. The van der Waals surface area contributed by atoms with E-state index in [1.165, 1.54) is 0 Å². The molecule has 0 aliphatic heterocycles. The maximum atomic E-state index is 12.0. The standard InChI is InChI=1S/C16H21Cl2NO2/c1-11-3-2-6-16(21,9-11)10-19-15(20)7-12-4-5-13(17)8-14(12)18/h4-5,8,11,21H,2-3,6-7,9-10H2,1H3,(H,19,20).